The van der Waals surface area contributed by atoms with Crippen molar-refractivity contribution in [2.24, 2.45) is 5.73 Å². The van der Waals surface area contributed by atoms with Crippen molar-refractivity contribution < 1.29 is 23.1 Å². The molecule has 0 saturated heterocycles. The molecule has 6 N–H and O–H groups in total. The number of nitrogen functional groups attached to an aromatic ring is 1. The number of carbonyl (C=O) groups excluding carboxylic acids is 1. The van der Waals surface area contributed by atoms with Crippen molar-refractivity contribution in [2.75, 3.05) is 26.1 Å². The molecule has 0 aliphatic rings. The molecule has 1 aromatic carbocycles. The molecule has 1 amide bonds. The van der Waals surface area contributed by atoms with Crippen LogP contribution in [0.4, 0.5) is 5.69 Å². The molecule has 0 fully saturated rings. The van der Waals surface area contributed by atoms with E-state index in [1.54, 1.807) is 0 Å². The van der Waals surface area contributed by atoms with E-state index in [-0.39, 0.29) is 22.8 Å². The van der Waals surface area contributed by atoms with Crippen molar-refractivity contribution in [1.82, 2.24) is 4.72 Å². The summed E-state index contributed by atoms with van der Waals surface area (Å²) in [6.07, 6.45) is 0. The molecule has 0 aliphatic carbocycles. The molecule has 1 unspecified atom stereocenters. The SMILES string of the molecule is COCC(CO)NS(=O)(=O)c1ccc(C(N)=O)cc1N. The molecule has 1 rings (SSSR count). The average molecular weight is 303 g/mol. The maximum absolute atomic E-state index is 12.1. The van der Waals surface area contributed by atoms with Gasteiger partial charge in [-0.3, -0.25) is 4.79 Å². The van der Waals surface area contributed by atoms with Gasteiger partial charge in [-0.25, -0.2) is 13.1 Å². The second-order valence-electron chi connectivity index (χ2n) is 4.07. The van der Waals surface area contributed by atoms with Gasteiger partial charge in [0.15, 0.2) is 0 Å². The Labute approximate surface area is 116 Å². The second kappa shape index (κ2) is 6.66. The Bertz CT molecular complexity index is 588. The van der Waals surface area contributed by atoms with Gasteiger partial charge >= 0.3 is 0 Å². The van der Waals surface area contributed by atoms with Crippen molar-refractivity contribution >= 4 is 21.6 Å². The Morgan fingerprint density at radius 3 is 2.60 bits per heavy atom. The van der Waals surface area contributed by atoms with Crippen LogP contribution in [0.2, 0.25) is 0 Å². The third-order valence-corrected chi connectivity index (χ3v) is 4.09. The number of aliphatic hydroxyl groups excluding tert-OH is 1. The van der Waals surface area contributed by atoms with Gasteiger partial charge < -0.3 is 21.3 Å². The highest BCUT2D eigenvalue weighted by Crippen LogP contribution is 2.19. The predicted molar refractivity (Wildman–Crippen MR) is 72.4 cm³/mol. The first-order chi connectivity index (χ1) is 9.31. The predicted octanol–water partition coefficient (Wildman–Crippen LogP) is -1.35. The molecule has 0 aromatic heterocycles. The van der Waals surface area contributed by atoms with Gasteiger partial charge in [-0.2, -0.15) is 0 Å². The fourth-order valence-corrected chi connectivity index (χ4v) is 2.88. The average Bonchev–Trinajstić information content (AvgIpc) is 2.37. The standard InChI is InChI=1S/C11H17N3O5S/c1-19-6-8(5-15)14-20(17,18)10-3-2-7(11(13)16)4-9(10)12/h2-4,8,14-15H,5-6,12H2,1H3,(H2,13,16). The number of aliphatic hydroxyl groups is 1. The van der Waals surface area contributed by atoms with E-state index in [0.29, 0.717) is 0 Å². The second-order valence-corrected chi connectivity index (χ2v) is 5.76. The molecule has 8 nitrogen and oxygen atoms in total. The molecule has 0 saturated carbocycles. The zero-order valence-electron chi connectivity index (χ0n) is 10.9. The molecule has 0 aliphatic heterocycles. The lowest BCUT2D eigenvalue weighted by Gasteiger charge is -2.16. The highest BCUT2D eigenvalue weighted by Gasteiger charge is 2.22. The van der Waals surface area contributed by atoms with Crippen LogP contribution in [0.5, 0.6) is 0 Å². The van der Waals surface area contributed by atoms with E-state index in [1.807, 2.05) is 0 Å². The molecular formula is C11H17N3O5S. The maximum Gasteiger partial charge on any atom is 0.248 e. The van der Waals surface area contributed by atoms with Gasteiger partial charge in [0.1, 0.15) is 4.90 Å². The number of ether oxygens (including phenoxy) is 1. The molecule has 0 radical (unpaired) electrons. The Kier molecular flexibility index (Phi) is 5.45. The fraction of sp³-hybridized carbons (Fsp3) is 0.364. The summed E-state index contributed by atoms with van der Waals surface area (Å²) in [5.74, 6) is -0.707. The molecule has 9 heteroatoms. The molecule has 0 heterocycles. The van der Waals surface area contributed by atoms with Crippen LogP contribution >= 0.6 is 0 Å². The fourth-order valence-electron chi connectivity index (χ4n) is 1.55. The Morgan fingerprint density at radius 2 is 2.15 bits per heavy atom. The lowest BCUT2D eigenvalue weighted by molar-refractivity contribution is 0.1000. The van der Waals surface area contributed by atoms with Crippen LogP contribution in [-0.4, -0.2) is 45.8 Å². The molecule has 1 atom stereocenters. The van der Waals surface area contributed by atoms with E-state index >= 15 is 0 Å². The van der Waals surface area contributed by atoms with E-state index < -0.39 is 28.6 Å². The number of carbonyl (C=O) groups is 1. The quantitative estimate of drug-likeness (QED) is 0.458. The molecule has 112 valence electrons. The molecular weight excluding hydrogens is 286 g/mol. The zero-order valence-corrected chi connectivity index (χ0v) is 11.7. The van der Waals surface area contributed by atoms with Crippen LogP contribution in [0.15, 0.2) is 23.1 Å². The lowest BCUT2D eigenvalue weighted by atomic mass is 10.2. The van der Waals surface area contributed by atoms with Gasteiger partial charge in [0.25, 0.3) is 0 Å². The summed E-state index contributed by atoms with van der Waals surface area (Å²) in [7, 11) is -2.55. The van der Waals surface area contributed by atoms with Crippen LogP contribution in [0, 0.1) is 0 Å². The third kappa shape index (κ3) is 3.90. The van der Waals surface area contributed by atoms with E-state index in [0.717, 1.165) is 0 Å². The van der Waals surface area contributed by atoms with Gasteiger partial charge in [-0.1, -0.05) is 0 Å². The summed E-state index contributed by atoms with van der Waals surface area (Å²) in [5.41, 5.74) is 10.7. The van der Waals surface area contributed by atoms with Crippen molar-refractivity contribution in [3.8, 4) is 0 Å². The summed E-state index contributed by atoms with van der Waals surface area (Å²) in [4.78, 5) is 10.8. The summed E-state index contributed by atoms with van der Waals surface area (Å²) in [5, 5.41) is 9.05. The lowest BCUT2D eigenvalue weighted by Crippen LogP contribution is -2.40. The minimum atomic E-state index is -3.93. The number of sulfonamides is 1. The van der Waals surface area contributed by atoms with Crippen molar-refractivity contribution in [3.05, 3.63) is 23.8 Å². The first-order valence-electron chi connectivity index (χ1n) is 5.63. The number of methoxy groups -OCH3 is 1. The highest BCUT2D eigenvalue weighted by molar-refractivity contribution is 7.89. The summed E-state index contributed by atoms with van der Waals surface area (Å²) in [6, 6.07) is 2.83. The highest BCUT2D eigenvalue weighted by atomic mass is 32.2. The number of hydrogen-bond acceptors (Lipinski definition) is 6. The van der Waals surface area contributed by atoms with Crippen LogP contribution in [-0.2, 0) is 14.8 Å². The van der Waals surface area contributed by atoms with Gasteiger partial charge in [0.05, 0.1) is 24.9 Å². The van der Waals surface area contributed by atoms with E-state index in [1.165, 1.54) is 25.3 Å². The number of nitrogens with one attached hydrogen (secondary N) is 1. The normalized spacial score (nSPS) is 13.1. The minimum absolute atomic E-state index is 0.00893. The van der Waals surface area contributed by atoms with Crippen LogP contribution in [0.1, 0.15) is 10.4 Å². The molecule has 20 heavy (non-hydrogen) atoms. The van der Waals surface area contributed by atoms with Gasteiger partial charge in [0, 0.05) is 12.7 Å². The van der Waals surface area contributed by atoms with Crippen molar-refractivity contribution in [3.63, 3.8) is 0 Å². The largest absolute Gasteiger partial charge is 0.398 e. The van der Waals surface area contributed by atoms with Crippen LogP contribution < -0.4 is 16.2 Å². The first kappa shape index (κ1) is 16.4. The van der Waals surface area contributed by atoms with E-state index in [9.17, 15) is 13.2 Å². The number of amides is 1. The topological polar surface area (TPSA) is 145 Å². The van der Waals surface area contributed by atoms with Gasteiger partial charge in [-0.05, 0) is 18.2 Å². The molecule has 0 spiro atoms. The molecule has 1 aromatic rings. The summed E-state index contributed by atoms with van der Waals surface area (Å²) < 4.78 is 31.2. The Balaban J connectivity index is 3.06. The number of primary amides is 1. The van der Waals surface area contributed by atoms with Crippen molar-refractivity contribution in [2.45, 2.75) is 10.9 Å². The number of nitrogens with two attached hydrogens (primary N) is 2. The number of anilines is 1. The van der Waals surface area contributed by atoms with E-state index in [2.05, 4.69) is 4.72 Å². The number of hydrogen-bond donors (Lipinski definition) is 4. The summed E-state index contributed by atoms with van der Waals surface area (Å²) >= 11 is 0. The van der Waals surface area contributed by atoms with Crippen LogP contribution in [0.3, 0.4) is 0 Å². The zero-order chi connectivity index (χ0) is 15.3. The molecule has 0 bridgehead atoms. The smallest absolute Gasteiger partial charge is 0.248 e. The van der Waals surface area contributed by atoms with Crippen molar-refractivity contribution in [1.29, 1.82) is 0 Å². The Hall–Kier alpha value is -1.68. The third-order valence-electron chi connectivity index (χ3n) is 2.49. The maximum atomic E-state index is 12.1. The monoisotopic (exact) mass is 303 g/mol. The number of benzene rings is 1. The van der Waals surface area contributed by atoms with E-state index in [4.69, 9.17) is 21.3 Å². The van der Waals surface area contributed by atoms with Gasteiger partial charge in [-0.15, -0.1) is 0 Å². The Morgan fingerprint density at radius 1 is 1.50 bits per heavy atom. The van der Waals surface area contributed by atoms with Gasteiger partial charge in [0.2, 0.25) is 15.9 Å². The van der Waals surface area contributed by atoms with Crippen LogP contribution in [0.25, 0.3) is 0 Å². The number of rotatable bonds is 7. The first-order valence-corrected chi connectivity index (χ1v) is 7.11. The minimum Gasteiger partial charge on any atom is -0.398 e. The summed E-state index contributed by atoms with van der Waals surface area (Å²) in [6.45, 7) is -0.415.